The van der Waals surface area contributed by atoms with E-state index in [0.29, 0.717) is 23.6 Å². The monoisotopic (exact) mass is 496 g/mol. The van der Waals surface area contributed by atoms with Gasteiger partial charge in [0.2, 0.25) is 0 Å². The highest BCUT2D eigenvalue weighted by molar-refractivity contribution is 5.94. The topological polar surface area (TPSA) is 37.3 Å². The molecule has 3 aromatic rings. The fourth-order valence-electron chi connectivity index (χ4n) is 5.18. The van der Waals surface area contributed by atoms with E-state index in [0.717, 1.165) is 36.8 Å². The Bertz CT molecular complexity index is 1240. The van der Waals surface area contributed by atoms with Crippen molar-refractivity contribution < 1.29 is 27.5 Å². The van der Waals surface area contributed by atoms with Gasteiger partial charge in [-0.25, -0.2) is 22.4 Å². The number of hydrogen-bond acceptors (Lipinski definition) is 1. The lowest BCUT2D eigenvalue weighted by molar-refractivity contribution is 0.0692. The Hall–Kier alpha value is -3.41. The summed E-state index contributed by atoms with van der Waals surface area (Å²) in [6, 6.07) is 11.3. The minimum absolute atomic E-state index is 0.259. The molecule has 0 bridgehead atoms. The van der Waals surface area contributed by atoms with Crippen molar-refractivity contribution >= 4 is 5.97 Å². The van der Waals surface area contributed by atoms with Gasteiger partial charge in [0.05, 0.1) is 5.56 Å². The van der Waals surface area contributed by atoms with E-state index in [2.05, 4.69) is 6.58 Å². The molecule has 6 heteroatoms. The minimum Gasteiger partial charge on any atom is -0.478 e. The highest BCUT2D eigenvalue weighted by Gasteiger charge is 2.23. The van der Waals surface area contributed by atoms with Crippen molar-refractivity contribution in [2.75, 3.05) is 0 Å². The maximum atomic E-state index is 15.3. The molecule has 0 unspecified atom stereocenters. The quantitative estimate of drug-likeness (QED) is 0.193. The third-order valence-electron chi connectivity index (χ3n) is 7.22. The number of carboxylic acids is 1. The zero-order valence-corrected chi connectivity index (χ0v) is 19.9. The molecule has 2 nitrogen and oxygen atoms in total. The number of rotatable bonds is 8. The molecule has 0 atom stereocenters. The van der Waals surface area contributed by atoms with Gasteiger partial charge in [0.25, 0.3) is 0 Å². The van der Waals surface area contributed by atoms with E-state index < -0.39 is 34.8 Å². The Morgan fingerprint density at radius 1 is 0.861 bits per heavy atom. The zero-order valence-electron chi connectivity index (χ0n) is 19.9. The van der Waals surface area contributed by atoms with Crippen molar-refractivity contribution in [1.29, 1.82) is 0 Å². The Morgan fingerprint density at radius 3 is 2.06 bits per heavy atom. The standard InChI is InChI=1S/C30H28F4O2/c1-2-3-18-4-6-19(7-5-18)8-9-20-10-12-21(13-11-20)23-14-15-24(30(35)36)28(33)27(23)22-16-25(31)29(34)26(32)17-22/h2,10-19H,1,3-9H2,(H,35,36). The Morgan fingerprint density at radius 2 is 1.47 bits per heavy atom. The third kappa shape index (κ3) is 5.53. The van der Waals surface area contributed by atoms with Crippen LogP contribution in [0.2, 0.25) is 0 Å². The zero-order chi connectivity index (χ0) is 25.8. The molecular weight excluding hydrogens is 468 g/mol. The van der Waals surface area contributed by atoms with Gasteiger partial charge in [-0.2, -0.15) is 0 Å². The SMILES string of the molecule is C=CCC1CCC(CCc2ccc(-c3ccc(C(=O)O)c(F)c3-c3cc(F)c(F)c(F)c3)cc2)CC1. The molecule has 0 spiro atoms. The molecule has 0 aliphatic heterocycles. The second-order valence-corrected chi connectivity index (χ2v) is 9.56. The maximum absolute atomic E-state index is 15.3. The van der Waals surface area contributed by atoms with Crippen LogP contribution in [-0.4, -0.2) is 11.1 Å². The number of carboxylic acid groups (broad SMARTS) is 1. The van der Waals surface area contributed by atoms with Gasteiger partial charge in [0, 0.05) is 5.56 Å². The molecule has 1 saturated carbocycles. The van der Waals surface area contributed by atoms with E-state index in [-0.39, 0.29) is 16.7 Å². The van der Waals surface area contributed by atoms with Gasteiger partial charge >= 0.3 is 5.97 Å². The molecule has 1 aliphatic rings. The van der Waals surface area contributed by atoms with Crippen LogP contribution in [-0.2, 0) is 6.42 Å². The van der Waals surface area contributed by atoms with Crippen LogP contribution >= 0.6 is 0 Å². The van der Waals surface area contributed by atoms with Crippen LogP contribution in [0.25, 0.3) is 22.3 Å². The number of benzene rings is 3. The lowest BCUT2D eigenvalue weighted by atomic mass is 9.78. The van der Waals surface area contributed by atoms with Crippen LogP contribution in [0.15, 0.2) is 61.2 Å². The normalized spacial score (nSPS) is 17.7. The van der Waals surface area contributed by atoms with Gasteiger partial charge in [0.15, 0.2) is 17.5 Å². The average Bonchev–Trinajstić information content (AvgIpc) is 2.86. The average molecular weight is 497 g/mol. The van der Waals surface area contributed by atoms with Gasteiger partial charge in [-0.15, -0.1) is 6.58 Å². The molecule has 0 heterocycles. The fourth-order valence-corrected chi connectivity index (χ4v) is 5.18. The summed E-state index contributed by atoms with van der Waals surface area (Å²) in [4.78, 5) is 11.5. The van der Waals surface area contributed by atoms with Crippen LogP contribution in [0.5, 0.6) is 0 Å². The van der Waals surface area contributed by atoms with Crippen LogP contribution in [0.3, 0.4) is 0 Å². The summed E-state index contributed by atoms with van der Waals surface area (Å²) in [6.07, 6.45) is 10.00. The maximum Gasteiger partial charge on any atom is 0.338 e. The van der Waals surface area contributed by atoms with Gasteiger partial charge in [-0.1, -0.05) is 49.2 Å². The second kappa shape index (κ2) is 11.1. The molecule has 1 aliphatic carbocycles. The van der Waals surface area contributed by atoms with Gasteiger partial charge in [-0.3, -0.25) is 0 Å². The molecule has 1 N–H and O–H groups in total. The van der Waals surface area contributed by atoms with Crippen molar-refractivity contribution in [2.45, 2.75) is 44.9 Å². The lowest BCUT2D eigenvalue weighted by Crippen LogP contribution is -2.14. The summed E-state index contributed by atoms with van der Waals surface area (Å²) in [7, 11) is 0. The molecular formula is C30H28F4O2. The van der Waals surface area contributed by atoms with Crippen molar-refractivity contribution in [1.82, 2.24) is 0 Å². The predicted octanol–water partition coefficient (Wildman–Crippen LogP) is 8.59. The van der Waals surface area contributed by atoms with E-state index >= 15 is 4.39 Å². The minimum atomic E-state index is -1.67. The molecule has 0 radical (unpaired) electrons. The van der Waals surface area contributed by atoms with E-state index in [4.69, 9.17) is 0 Å². The van der Waals surface area contributed by atoms with Crippen LogP contribution in [0.1, 0.15) is 54.4 Å². The van der Waals surface area contributed by atoms with Crippen LogP contribution in [0.4, 0.5) is 17.6 Å². The van der Waals surface area contributed by atoms with E-state index in [9.17, 15) is 23.1 Å². The first kappa shape index (κ1) is 25.7. The summed E-state index contributed by atoms with van der Waals surface area (Å²) >= 11 is 0. The lowest BCUT2D eigenvalue weighted by Gasteiger charge is -2.27. The molecule has 188 valence electrons. The number of aryl methyl sites for hydroxylation is 1. The number of aromatic carboxylic acids is 1. The van der Waals surface area contributed by atoms with Crippen LogP contribution in [0, 0.1) is 35.1 Å². The fraction of sp³-hybridized carbons (Fsp3) is 0.300. The highest BCUT2D eigenvalue weighted by atomic mass is 19.2. The summed E-state index contributed by atoms with van der Waals surface area (Å²) in [5, 5.41) is 9.34. The van der Waals surface area contributed by atoms with Gasteiger partial charge in [-0.05, 0) is 84.4 Å². The largest absolute Gasteiger partial charge is 0.478 e. The molecule has 36 heavy (non-hydrogen) atoms. The Balaban J connectivity index is 1.58. The summed E-state index contributed by atoms with van der Waals surface area (Å²) in [5.41, 5.74) is 0.720. The van der Waals surface area contributed by atoms with Crippen molar-refractivity contribution in [3.63, 3.8) is 0 Å². The van der Waals surface area contributed by atoms with Crippen molar-refractivity contribution in [3.05, 3.63) is 95.6 Å². The first-order chi connectivity index (χ1) is 17.3. The first-order valence-corrected chi connectivity index (χ1v) is 12.2. The number of carbonyl (C=O) groups is 1. The van der Waals surface area contributed by atoms with Gasteiger partial charge < -0.3 is 5.11 Å². The Kier molecular flexibility index (Phi) is 7.92. The third-order valence-corrected chi connectivity index (χ3v) is 7.22. The van der Waals surface area contributed by atoms with E-state index in [1.54, 1.807) is 12.1 Å². The number of allylic oxidation sites excluding steroid dienone is 1. The molecule has 0 aromatic heterocycles. The second-order valence-electron chi connectivity index (χ2n) is 9.56. The smallest absolute Gasteiger partial charge is 0.338 e. The Labute approximate surface area is 208 Å². The molecule has 1 fully saturated rings. The molecule has 3 aromatic carbocycles. The molecule has 4 rings (SSSR count). The van der Waals surface area contributed by atoms with E-state index in [1.165, 1.54) is 31.7 Å². The van der Waals surface area contributed by atoms with E-state index in [1.807, 2.05) is 18.2 Å². The summed E-state index contributed by atoms with van der Waals surface area (Å²) < 4.78 is 56.7. The number of hydrogen-bond donors (Lipinski definition) is 1. The van der Waals surface area contributed by atoms with Gasteiger partial charge in [0.1, 0.15) is 5.82 Å². The van der Waals surface area contributed by atoms with Crippen molar-refractivity contribution in [3.8, 4) is 22.3 Å². The van der Waals surface area contributed by atoms with Crippen LogP contribution < -0.4 is 0 Å². The first-order valence-electron chi connectivity index (χ1n) is 12.2. The summed E-state index contributed by atoms with van der Waals surface area (Å²) in [6.45, 7) is 3.83. The molecule has 0 amide bonds. The summed E-state index contributed by atoms with van der Waals surface area (Å²) in [5.74, 6) is -5.84. The van der Waals surface area contributed by atoms with Crippen molar-refractivity contribution in [2.24, 2.45) is 11.8 Å². The highest BCUT2D eigenvalue weighted by Crippen LogP contribution is 2.38. The predicted molar refractivity (Wildman–Crippen MR) is 133 cm³/mol. The molecule has 0 saturated heterocycles. The number of halogens is 4.